The zero-order valence-electron chi connectivity index (χ0n) is 16.3. The Kier molecular flexibility index (Phi) is 6.08. The normalized spacial score (nSPS) is 14.3. The summed E-state index contributed by atoms with van der Waals surface area (Å²) >= 11 is 0. The standard InChI is InChI=1S/C20H22N4O5/c1-22-9-11-23(12-10-22)20(26)15-5-3-4-6-16(15)21-19(25)14-7-8-18(29-2)17(13-14)24(27)28/h3-8,13H,9-12H2,1-2H3,(H,21,25). The number of hydrogen-bond donors (Lipinski definition) is 1. The average Bonchev–Trinajstić information content (AvgIpc) is 2.73. The number of nitrogens with zero attached hydrogens (tertiary/aromatic N) is 3. The highest BCUT2D eigenvalue weighted by Gasteiger charge is 2.24. The summed E-state index contributed by atoms with van der Waals surface area (Å²) in [6.45, 7) is 2.80. The van der Waals surface area contributed by atoms with Crippen molar-refractivity contribution in [2.45, 2.75) is 0 Å². The van der Waals surface area contributed by atoms with E-state index in [9.17, 15) is 19.7 Å². The van der Waals surface area contributed by atoms with Crippen molar-refractivity contribution in [3.05, 3.63) is 63.7 Å². The number of piperazine rings is 1. The van der Waals surface area contributed by atoms with Gasteiger partial charge in [0.05, 0.1) is 23.3 Å². The van der Waals surface area contributed by atoms with E-state index in [1.807, 2.05) is 7.05 Å². The van der Waals surface area contributed by atoms with Crippen LogP contribution in [0.5, 0.6) is 5.75 Å². The Bertz CT molecular complexity index is 938. The number of benzene rings is 2. The zero-order valence-corrected chi connectivity index (χ0v) is 16.3. The van der Waals surface area contributed by atoms with Gasteiger partial charge in [0.15, 0.2) is 5.75 Å². The van der Waals surface area contributed by atoms with E-state index in [0.717, 1.165) is 19.2 Å². The summed E-state index contributed by atoms with van der Waals surface area (Å²) < 4.78 is 4.96. The maximum atomic E-state index is 12.9. The quantitative estimate of drug-likeness (QED) is 0.612. The Balaban J connectivity index is 1.82. The minimum absolute atomic E-state index is 0.0668. The molecule has 9 heteroatoms. The molecule has 1 aliphatic rings. The van der Waals surface area contributed by atoms with E-state index in [0.29, 0.717) is 24.3 Å². The molecule has 1 aliphatic heterocycles. The van der Waals surface area contributed by atoms with Crippen LogP contribution in [0.25, 0.3) is 0 Å². The van der Waals surface area contributed by atoms with E-state index < -0.39 is 10.8 Å². The van der Waals surface area contributed by atoms with Gasteiger partial charge in [-0.3, -0.25) is 19.7 Å². The molecule has 1 heterocycles. The number of nitrogens with one attached hydrogen (secondary N) is 1. The SMILES string of the molecule is COc1ccc(C(=O)Nc2ccccc2C(=O)N2CCN(C)CC2)cc1[N+](=O)[O-]. The zero-order chi connectivity index (χ0) is 21.0. The molecular weight excluding hydrogens is 376 g/mol. The molecule has 2 aromatic rings. The second-order valence-corrected chi connectivity index (χ2v) is 6.74. The smallest absolute Gasteiger partial charge is 0.311 e. The van der Waals surface area contributed by atoms with Crippen molar-refractivity contribution in [1.29, 1.82) is 0 Å². The third-order valence-corrected chi connectivity index (χ3v) is 4.83. The first kappa shape index (κ1) is 20.3. The molecule has 9 nitrogen and oxygen atoms in total. The highest BCUT2D eigenvalue weighted by molar-refractivity contribution is 6.09. The molecule has 29 heavy (non-hydrogen) atoms. The lowest BCUT2D eigenvalue weighted by molar-refractivity contribution is -0.385. The first-order chi connectivity index (χ1) is 13.9. The van der Waals surface area contributed by atoms with E-state index in [1.165, 1.54) is 19.2 Å². The molecule has 152 valence electrons. The predicted molar refractivity (Wildman–Crippen MR) is 107 cm³/mol. The predicted octanol–water partition coefficient (Wildman–Crippen LogP) is 2.24. The van der Waals surface area contributed by atoms with Gasteiger partial charge in [-0.25, -0.2) is 0 Å². The molecule has 0 atom stereocenters. The molecule has 0 spiro atoms. The first-order valence-electron chi connectivity index (χ1n) is 9.11. The number of carbonyl (C=O) groups is 2. The lowest BCUT2D eigenvalue weighted by atomic mass is 10.1. The number of methoxy groups -OCH3 is 1. The molecule has 1 N–H and O–H groups in total. The number of para-hydroxylation sites is 1. The minimum Gasteiger partial charge on any atom is -0.490 e. The summed E-state index contributed by atoms with van der Waals surface area (Å²) in [4.78, 5) is 40.1. The van der Waals surface area contributed by atoms with Gasteiger partial charge in [0.25, 0.3) is 11.8 Å². The summed E-state index contributed by atoms with van der Waals surface area (Å²) in [6, 6.07) is 10.7. The van der Waals surface area contributed by atoms with Crippen molar-refractivity contribution < 1.29 is 19.2 Å². The molecule has 3 rings (SSSR count). The third kappa shape index (κ3) is 4.52. The van der Waals surface area contributed by atoms with Crippen LogP contribution >= 0.6 is 0 Å². The van der Waals surface area contributed by atoms with Crippen LogP contribution in [-0.4, -0.2) is 66.9 Å². The maximum absolute atomic E-state index is 12.9. The van der Waals surface area contributed by atoms with Gasteiger partial charge in [-0.05, 0) is 31.3 Å². The largest absolute Gasteiger partial charge is 0.490 e. The molecule has 0 bridgehead atoms. The highest BCUT2D eigenvalue weighted by Crippen LogP contribution is 2.28. The summed E-state index contributed by atoms with van der Waals surface area (Å²) in [5.41, 5.74) is 0.537. The van der Waals surface area contributed by atoms with Gasteiger partial charge in [0.2, 0.25) is 0 Å². The Morgan fingerprint density at radius 1 is 1.10 bits per heavy atom. The average molecular weight is 398 g/mol. The van der Waals surface area contributed by atoms with E-state index in [1.54, 1.807) is 29.2 Å². The summed E-state index contributed by atoms with van der Waals surface area (Å²) in [7, 11) is 3.33. The van der Waals surface area contributed by atoms with Crippen LogP contribution in [-0.2, 0) is 0 Å². The Morgan fingerprint density at radius 2 is 1.79 bits per heavy atom. The van der Waals surface area contributed by atoms with E-state index in [-0.39, 0.29) is 22.9 Å². The molecule has 2 aromatic carbocycles. The summed E-state index contributed by atoms with van der Waals surface area (Å²) in [5, 5.41) is 13.9. The van der Waals surface area contributed by atoms with Gasteiger partial charge in [0, 0.05) is 37.8 Å². The number of amides is 2. The van der Waals surface area contributed by atoms with E-state index in [2.05, 4.69) is 10.2 Å². The number of nitro benzene ring substituents is 1. The number of rotatable bonds is 5. The van der Waals surface area contributed by atoms with E-state index >= 15 is 0 Å². The fourth-order valence-corrected chi connectivity index (χ4v) is 3.13. The van der Waals surface area contributed by atoms with Crippen molar-refractivity contribution in [1.82, 2.24) is 9.80 Å². The molecule has 0 unspecified atom stereocenters. The monoisotopic (exact) mass is 398 g/mol. The van der Waals surface area contributed by atoms with Gasteiger partial charge in [-0.2, -0.15) is 0 Å². The third-order valence-electron chi connectivity index (χ3n) is 4.83. The molecule has 1 saturated heterocycles. The lowest BCUT2D eigenvalue weighted by Crippen LogP contribution is -2.47. The van der Waals surface area contributed by atoms with Gasteiger partial charge >= 0.3 is 5.69 Å². The van der Waals surface area contributed by atoms with Crippen LogP contribution in [0.3, 0.4) is 0 Å². The summed E-state index contributed by atoms with van der Waals surface area (Å²) in [6.07, 6.45) is 0. The first-order valence-corrected chi connectivity index (χ1v) is 9.11. The topological polar surface area (TPSA) is 105 Å². The van der Waals surface area contributed by atoms with Crippen molar-refractivity contribution >= 4 is 23.2 Å². The fourth-order valence-electron chi connectivity index (χ4n) is 3.13. The summed E-state index contributed by atoms with van der Waals surface area (Å²) in [5.74, 6) is -0.638. The number of carbonyl (C=O) groups excluding carboxylic acids is 2. The molecule has 0 aromatic heterocycles. The molecule has 0 saturated carbocycles. The van der Waals surface area contributed by atoms with Crippen LogP contribution in [0.2, 0.25) is 0 Å². The minimum atomic E-state index is -0.611. The van der Waals surface area contributed by atoms with Gasteiger partial charge in [-0.1, -0.05) is 12.1 Å². The number of anilines is 1. The molecule has 2 amide bonds. The number of ether oxygens (including phenoxy) is 1. The maximum Gasteiger partial charge on any atom is 0.311 e. The highest BCUT2D eigenvalue weighted by atomic mass is 16.6. The second-order valence-electron chi connectivity index (χ2n) is 6.74. The van der Waals surface area contributed by atoms with Crippen LogP contribution < -0.4 is 10.1 Å². The molecule has 0 aliphatic carbocycles. The van der Waals surface area contributed by atoms with Gasteiger partial charge in [0.1, 0.15) is 0 Å². The van der Waals surface area contributed by atoms with Crippen LogP contribution in [0.1, 0.15) is 20.7 Å². The molecular formula is C20H22N4O5. The molecule has 1 fully saturated rings. The molecule has 0 radical (unpaired) electrons. The Morgan fingerprint density at radius 3 is 2.45 bits per heavy atom. The van der Waals surface area contributed by atoms with Gasteiger partial charge in [-0.15, -0.1) is 0 Å². The Hall–Kier alpha value is -3.46. The number of nitro groups is 1. The van der Waals surface area contributed by atoms with Gasteiger partial charge < -0.3 is 19.9 Å². The number of likely N-dealkylation sites (N-methyl/N-ethyl adjacent to an activating group) is 1. The van der Waals surface area contributed by atoms with Crippen molar-refractivity contribution in [2.24, 2.45) is 0 Å². The second kappa shape index (κ2) is 8.70. The number of hydrogen-bond acceptors (Lipinski definition) is 6. The van der Waals surface area contributed by atoms with Crippen LogP contribution in [0.15, 0.2) is 42.5 Å². The fraction of sp³-hybridized carbons (Fsp3) is 0.300. The lowest BCUT2D eigenvalue weighted by Gasteiger charge is -2.32. The van der Waals surface area contributed by atoms with Crippen molar-refractivity contribution in [3.8, 4) is 5.75 Å². The van der Waals surface area contributed by atoms with Crippen LogP contribution in [0.4, 0.5) is 11.4 Å². The van der Waals surface area contributed by atoms with Crippen molar-refractivity contribution in [3.63, 3.8) is 0 Å². The van der Waals surface area contributed by atoms with Crippen molar-refractivity contribution in [2.75, 3.05) is 45.7 Å². The Labute approximate surface area is 168 Å². The van der Waals surface area contributed by atoms with Crippen LogP contribution in [0, 0.1) is 10.1 Å². The van der Waals surface area contributed by atoms with E-state index in [4.69, 9.17) is 4.74 Å².